The molecule has 0 aliphatic carbocycles. The minimum absolute atomic E-state index is 0.348. The maximum atomic E-state index is 10.1. The second-order valence-electron chi connectivity index (χ2n) is 1.05. The van der Waals surface area contributed by atoms with E-state index >= 15 is 0 Å². The first-order chi connectivity index (χ1) is 4.35. The molecular formula is C3H7O3Si3. The molecule has 0 aromatic carbocycles. The van der Waals surface area contributed by atoms with Gasteiger partial charge in [0.15, 0.2) is 5.91 Å². The number of carbonyl (C=O) groups excluding carboxylic acids is 1. The first-order valence-corrected chi connectivity index (χ1v) is 6.55. The third kappa shape index (κ3) is 4.73. The van der Waals surface area contributed by atoms with Crippen molar-refractivity contribution < 1.29 is 13.0 Å². The molecule has 0 saturated carbocycles. The Morgan fingerprint density at radius 3 is 2.00 bits per heavy atom. The van der Waals surface area contributed by atoms with Gasteiger partial charge in [-0.25, -0.2) is 0 Å². The maximum absolute atomic E-state index is 10.1. The average molecular weight is 175 g/mol. The van der Waals surface area contributed by atoms with E-state index in [4.69, 9.17) is 8.23 Å². The van der Waals surface area contributed by atoms with Crippen molar-refractivity contribution in [2.75, 3.05) is 0 Å². The van der Waals surface area contributed by atoms with Crippen LogP contribution in [0.1, 0.15) is 0 Å². The van der Waals surface area contributed by atoms with E-state index < -0.39 is 9.28 Å². The summed E-state index contributed by atoms with van der Waals surface area (Å²) in [6.45, 7) is 3.74. The van der Waals surface area contributed by atoms with Crippen LogP contribution in [0.15, 0.2) is 0 Å². The Morgan fingerprint density at radius 2 is 1.78 bits per heavy atom. The van der Waals surface area contributed by atoms with Gasteiger partial charge in [0.25, 0.3) is 0 Å². The molecule has 3 nitrogen and oxygen atoms in total. The van der Waals surface area contributed by atoms with Gasteiger partial charge >= 0.3 is 9.28 Å². The van der Waals surface area contributed by atoms with Crippen molar-refractivity contribution in [2.24, 2.45) is 0 Å². The van der Waals surface area contributed by atoms with Crippen molar-refractivity contribution in [1.82, 2.24) is 0 Å². The van der Waals surface area contributed by atoms with Crippen LogP contribution in [-0.4, -0.2) is 34.7 Å². The summed E-state index contributed by atoms with van der Waals surface area (Å²) in [5, 5.41) is 0. The van der Waals surface area contributed by atoms with Crippen LogP contribution < -0.4 is 0 Å². The van der Waals surface area contributed by atoms with Crippen LogP contribution in [0, 0.1) is 0 Å². The van der Waals surface area contributed by atoms with Gasteiger partial charge in [0.2, 0.25) is 19.5 Å². The fourth-order valence-electron chi connectivity index (χ4n) is 0.270. The lowest BCUT2D eigenvalue weighted by Gasteiger charge is -2.03. The molecule has 0 heterocycles. The summed E-state index contributed by atoms with van der Waals surface area (Å²) in [5.41, 5.74) is 0. The van der Waals surface area contributed by atoms with Gasteiger partial charge in [-0.1, -0.05) is 0 Å². The quantitative estimate of drug-likeness (QED) is 0.422. The summed E-state index contributed by atoms with van der Waals surface area (Å²) in [6.07, 6.45) is 0. The smallest absolute Gasteiger partial charge is 0.431 e. The van der Waals surface area contributed by atoms with Crippen LogP contribution in [0.3, 0.4) is 0 Å². The molecule has 0 rings (SSSR count). The van der Waals surface area contributed by atoms with Crippen molar-refractivity contribution >= 4 is 34.7 Å². The van der Waals surface area contributed by atoms with E-state index in [9.17, 15) is 4.79 Å². The molecule has 0 N–H and O–H groups in total. The van der Waals surface area contributed by atoms with E-state index in [1.807, 2.05) is 13.1 Å². The van der Waals surface area contributed by atoms with E-state index in [-0.39, 0.29) is 0 Å². The molecule has 0 aliphatic heterocycles. The van der Waals surface area contributed by atoms with Gasteiger partial charge in [-0.2, -0.15) is 0 Å². The van der Waals surface area contributed by atoms with Gasteiger partial charge in [0.1, 0.15) is 0 Å². The molecule has 5 radical (unpaired) electrons. The highest BCUT2D eigenvalue weighted by molar-refractivity contribution is 6.79. The van der Waals surface area contributed by atoms with Crippen LogP contribution in [0.5, 0.6) is 0 Å². The number of hydrogen-bond acceptors (Lipinski definition) is 3. The molecule has 0 saturated heterocycles. The van der Waals surface area contributed by atoms with Gasteiger partial charge in [0.05, 0.1) is 0 Å². The third-order valence-electron chi connectivity index (χ3n) is 0.502. The summed E-state index contributed by atoms with van der Waals surface area (Å²) in [6, 6.07) is 0. The summed E-state index contributed by atoms with van der Waals surface area (Å²) >= 11 is 0. The van der Waals surface area contributed by atoms with E-state index in [1.54, 1.807) is 0 Å². The van der Waals surface area contributed by atoms with Gasteiger partial charge in [-0.05, 0) is 13.1 Å². The normalized spacial score (nSPS) is 10.1. The molecule has 9 heavy (non-hydrogen) atoms. The highest BCUT2D eigenvalue weighted by Crippen LogP contribution is 1.81. The predicted molar refractivity (Wildman–Crippen MR) is 37.9 cm³/mol. The second-order valence-corrected chi connectivity index (χ2v) is 4.37. The minimum atomic E-state index is -1.54. The molecule has 0 atom stereocenters. The lowest BCUT2D eigenvalue weighted by molar-refractivity contribution is 0.466. The molecule has 0 bridgehead atoms. The molecule has 0 aliphatic rings. The van der Waals surface area contributed by atoms with E-state index in [0.29, 0.717) is 19.5 Å². The Morgan fingerprint density at radius 1 is 1.33 bits per heavy atom. The van der Waals surface area contributed by atoms with Crippen molar-refractivity contribution in [3.8, 4) is 0 Å². The molecule has 6 heteroatoms. The molecular weight excluding hydrogens is 168 g/mol. The molecule has 0 unspecified atom stereocenters. The first kappa shape index (κ1) is 9.24. The van der Waals surface area contributed by atoms with Gasteiger partial charge in [-0.15, -0.1) is 0 Å². The SMILES string of the molecule is C[Si]O[Si](C=O)O[Si]C. The Hall–Kier alpha value is 0.241. The van der Waals surface area contributed by atoms with Crippen LogP contribution in [0.2, 0.25) is 13.1 Å². The summed E-state index contributed by atoms with van der Waals surface area (Å²) in [4.78, 5) is 10.1. The van der Waals surface area contributed by atoms with Gasteiger partial charge in [0, 0.05) is 0 Å². The largest absolute Gasteiger partial charge is 0.436 e. The van der Waals surface area contributed by atoms with E-state index in [2.05, 4.69) is 0 Å². The standard InChI is InChI=1S/C3H7O3Si3/c1-7-5-9(3-4)6-8-2/h3H,1-2H3. The molecule has 0 aromatic heterocycles. The summed E-state index contributed by atoms with van der Waals surface area (Å²) in [5.74, 6) is 0.762. The van der Waals surface area contributed by atoms with Crippen molar-refractivity contribution in [2.45, 2.75) is 13.1 Å². The van der Waals surface area contributed by atoms with E-state index in [1.165, 1.54) is 0 Å². The Labute approximate surface area is 61.5 Å². The summed E-state index contributed by atoms with van der Waals surface area (Å²) in [7, 11) is -0.845. The lowest BCUT2D eigenvalue weighted by atomic mass is 11.8. The van der Waals surface area contributed by atoms with Crippen LogP contribution >= 0.6 is 0 Å². The fraction of sp³-hybridized carbons (Fsp3) is 0.667. The van der Waals surface area contributed by atoms with Crippen molar-refractivity contribution in [1.29, 1.82) is 0 Å². The van der Waals surface area contributed by atoms with Gasteiger partial charge < -0.3 is 13.0 Å². The minimum Gasteiger partial charge on any atom is -0.431 e. The van der Waals surface area contributed by atoms with Crippen LogP contribution in [0.25, 0.3) is 0 Å². The monoisotopic (exact) mass is 175 g/mol. The van der Waals surface area contributed by atoms with Crippen molar-refractivity contribution in [3.63, 3.8) is 0 Å². The number of rotatable bonds is 5. The Bertz CT molecular complexity index is 72.7. The maximum Gasteiger partial charge on any atom is 0.436 e. The molecule has 0 aromatic rings. The average Bonchev–Trinajstić information content (AvgIpc) is 1.88. The molecule has 0 fully saturated rings. The topological polar surface area (TPSA) is 35.5 Å². The number of hydrogen-bond donors (Lipinski definition) is 0. The van der Waals surface area contributed by atoms with Crippen LogP contribution in [0.4, 0.5) is 0 Å². The summed E-state index contributed by atoms with van der Waals surface area (Å²) < 4.78 is 9.96. The van der Waals surface area contributed by atoms with Gasteiger partial charge in [-0.3, -0.25) is 0 Å². The molecule has 0 amide bonds. The van der Waals surface area contributed by atoms with Crippen molar-refractivity contribution in [3.05, 3.63) is 0 Å². The number of carbonyl (C=O) groups is 1. The molecule has 49 valence electrons. The van der Waals surface area contributed by atoms with E-state index in [0.717, 1.165) is 5.91 Å². The zero-order chi connectivity index (χ0) is 7.11. The third-order valence-corrected chi connectivity index (χ3v) is 3.94. The zero-order valence-electron chi connectivity index (χ0n) is 5.30. The fourth-order valence-corrected chi connectivity index (χ4v) is 2.81. The Balaban J connectivity index is 3.29. The van der Waals surface area contributed by atoms with Crippen LogP contribution in [-0.2, 0) is 13.0 Å². The molecule has 0 spiro atoms. The second kappa shape index (κ2) is 6.36. The first-order valence-electron chi connectivity index (χ1n) is 2.34. The predicted octanol–water partition coefficient (Wildman–Crippen LogP) is -0.386. The zero-order valence-corrected chi connectivity index (χ0v) is 8.30. The Kier molecular flexibility index (Phi) is 6.53. The lowest BCUT2D eigenvalue weighted by Crippen LogP contribution is -2.26. The highest BCUT2D eigenvalue weighted by atomic mass is 28.4. The highest BCUT2D eigenvalue weighted by Gasteiger charge is 2.11.